The Morgan fingerprint density at radius 3 is 2.96 bits per heavy atom. The molecule has 0 saturated heterocycles. The zero-order valence-electron chi connectivity index (χ0n) is 13.9. The van der Waals surface area contributed by atoms with Crippen LogP contribution in [0.2, 0.25) is 0 Å². The first-order valence-electron chi connectivity index (χ1n) is 7.84. The molecule has 0 saturated carbocycles. The Morgan fingerprint density at radius 1 is 1.42 bits per heavy atom. The molecule has 0 fully saturated rings. The molecule has 7 heteroatoms. The van der Waals surface area contributed by atoms with E-state index >= 15 is 0 Å². The molecule has 1 aliphatic rings. The maximum atomic E-state index is 12.6. The quantitative estimate of drug-likeness (QED) is 0.835. The number of rotatable bonds is 4. The number of aromatic nitrogens is 2. The van der Waals surface area contributed by atoms with Gasteiger partial charge in [0, 0.05) is 12.7 Å². The second kappa shape index (κ2) is 5.99. The van der Waals surface area contributed by atoms with Crippen molar-refractivity contribution < 1.29 is 14.3 Å². The van der Waals surface area contributed by atoms with Crippen molar-refractivity contribution >= 4 is 17.5 Å². The number of aryl methyl sites for hydroxylation is 2. The number of amides is 2. The molecule has 1 atom stereocenters. The number of ether oxygens (including phenoxy) is 1. The summed E-state index contributed by atoms with van der Waals surface area (Å²) in [6.07, 6.45) is 1.68. The van der Waals surface area contributed by atoms with Gasteiger partial charge in [0.25, 0.3) is 17.4 Å². The normalized spacial score (nSPS) is 19.2. The van der Waals surface area contributed by atoms with Crippen LogP contribution in [-0.4, -0.2) is 27.2 Å². The highest BCUT2D eigenvalue weighted by Crippen LogP contribution is 2.34. The van der Waals surface area contributed by atoms with Crippen molar-refractivity contribution in [1.82, 2.24) is 15.1 Å². The highest BCUT2D eigenvalue weighted by molar-refractivity contribution is 6.15. The number of hydrogen-bond donors (Lipinski definition) is 2. The fourth-order valence-corrected chi connectivity index (χ4v) is 2.62. The van der Waals surface area contributed by atoms with Crippen LogP contribution in [0.5, 0.6) is 5.75 Å². The Morgan fingerprint density at radius 2 is 2.21 bits per heavy atom. The van der Waals surface area contributed by atoms with E-state index in [9.17, 15) is 9.59 Å². The lowest BCUT2D eigenvalue weighted by molar-refractivity contribution is -0.146. The summed E-state index contributed by atoms with van der Waals surface area (Å²) in [7, 11) is 0. The van der Waals surface area contributed by atoms with Gasteiger partial charge in [-0.3, -0.25) is 14.3 Å². The van der Waals surface area contributed by atoms with Gasteiger partial charge in [-0.2, -0.15) is 5.10 Å². The summed E-state index contributed by atoms with van der Waals surface area (Å²) in [6.45, 7) is 6.34. The van der Waals surface area contributed by atoms with Crippen molar-refractivity contribution in [2.24, 2.45) is 0 Å². The lowest BCUT2D eigenvalue weighted by atomic mass is 10.0. The van der Waals surface area contributed by atoms with Crippen LogP contribution in [0.3, 0.4) is 0 Å². The molecule has 2 amide bonds. The summed E-state index contributed by atoms with van der Waals surface area (Å²) in [4.78, 5) is 25.0. The van der Waals surface area contributed by atoms with Crippen LogP contribution in [0.15, 0.2) is 30.5 Å². The van der Waals surface area contributed by atoms with E-state index in [1.54, 1.807) is 16.9 Å². The molecule has 0 aliphatic carbocycles. The van der Waals surface area contributed by atoms with Gasteiger partial charge in [-0.1, -0.05) is 6.07 Å². The minimum absolute atomic E-state index is 0.277. The highest BCUT2D eigenvalue weighted by atomic mass is 16.5. The molecule has 1 aliphatic heterocycles. The van der Waals surface area contributed by atoms with Gasteiger partial charge in [0.05, 0.1) is 17.9 Å². The van der Waals surface area contributed by atoms with Crippen molar-refractivity contribution in [3.63, 3.8) is 0 Å². The molecule has 7 nitrogen and oxygen atoms in total. The Labute approximate surface area is 140 Å². The highest BCUT2D eigenvalue weighted by Gasteiger charge is 2.47. The third-order valence-electron chi connectivity index (χ3n) is 4.10. The standard InChI is InChI=1S/C17H20N4O3/c1-4-21-12(7-8-19-21)10-18-15(22)17(3)16(23)20-13-9-11(2)5-6-14(13)24-17/h5-9H,4,10H2,1-3H3,(H,18,22)(H,20,23). The number of carbonyl (C=O) groups excluding carboxylic acids is 2. The first kappa shape index (κ1) is 16.0. The number of fused-ring (bicyclic) bond motifs is 1. The largest absolute Gasteiger partial charge is 0.466 e. The number of hydrogen-bond acceptors (Lipinski definition) is 4. The average molecular weight is 328 g/mol. The lowest BCUT2D eigenvalue weighted by Crippen LogP contribution is -2.58. The summed E-state index contributed by atoms with van der Waals surface area (Å²) < 4.78 is 7.51. The molecule has 24 heavy (non-hydrogen) atoms. The van der Waals surface area contributed by atoms with Crippen molar-refractivity contribution in [3.8, 4) is 5.75 Å². The summed E-state index contributed by atoms with van der Waals surface area (Å²) in [6, 6.07) is 7.26. The maximum absolute atomic E-state index is 12.6. The van der Waals surface area contributed by atoms with E-state index in [-0.39, 0.29) is 6.54 Å². The second-order valence-corrected chi connectivity index (χ2v) is 5.91. The van der Waals surface area contributed by atoms with Gasteiger partial charge < -0.3 is 15.4 Å². The van der Waals surface area contributed by atoms with E-state index in [1.807, 2.05) is 32.0 Å². The number of nitrogens with zero attached hydrogens (tertiary/aromatic N) is 2. The SMILES string of the molecule is CCn1nccc1CNC(=O)C1(C)Oc2ccc(C)cc2NC1=O. The molecule has 2 aromatic rings. The van der Waals surface area contributed by atoms with Crippen LogP contribution >= 0.6 is 0 Å². The monoisotopic (exact) mass is 328 g/mol. The van der Waals surface area contributed by atoms with Crippen molar-refractivity contribution in [2.45, 2.75) is 39.5 Å². The zero-order valence-corrected chi connectivity index (χ0v) is 13.9. The van der Waals surface area contributed by atoms with Crippen molar-refractivity contribution in [3.05, 3.63) is 41.7 Å². The molecule has 126 valence electrons. The maximum Gasteiger partial charge on any atom is 0.278 e. The van der Waals surface area contributed by atoms with Gasteiger partial charge in [0.2, 0.25) is 0 Å². The van der Waals surface area contributed by atoms with Gasteiger partial charge in [0.15, 0.2) is 0 Å². The Hall–Kier alpha value is -2.83. The molecule has 0 bridgehead atoms. The molecule has 1 aromatic heterocycles. The summed E-state index contributed by atoms with van der Waals surface area (Å²) in [5.74, 6) is -0.492. The second-order valence-electron chi connectivity index (χ2n) is 5.91. The minimum Gasteiger partial charge on any atom is -0.466 e. The number of carbonyl (C=O) groups is 2. The molecule has 1 aromatic carbocycles. The molecule has 1 unspecified atom stereocenters. The smallest absolute Gasteiger partial charge is 0.278 e. The number of benzene rings is 1. The summed E-state index contributed by atoms with van der Waals surface area (Å²) in [5.41, 5.74) is 0.828. The first-order valence-corrected chi connectivity index (χ1v) is 7.84. The van der Waals surface area contributed by atoms with Crippen LogP contribution < -0.4 is 15.4 Å². The molecule has 2 N–H and O–H groups in total. The average Bonchev–Trinajstić information content (AvgIpc) is 3.01. The zero-order chi connectivity index (χ0) is 17.3. The molecular formula is C17H20N4O3. The third kappa shape index (κ3) is 2.73. The van der Waals surface area contributed by atoms with E-state index in [2.05, 4.69) is 15.7 Å². The van der Waals surface area contributed by atoms with Crippen LogP contribution in [0.25, 0.3) is 0 Å². The topological polar surface area (TPSA) is 85.2 Å². The number of nitrogens with one attached hydrogen (secondary N) is 2. The van der Waals surface area contributed by atoms with E-state index in [4.69, 9.17) is 4.74 Å². The van der Waals surface area contributed by atoms with Gasteiger partial charge in [-0.15, -0.1) is 0 Å². The van der Waals surface area contributed by atoms with E-state index < -0.39 is 17.4 Å². The predicted molar refractivity (Wildman–Crippen MR) is 88.6 cm³/mol. The molecule has 0 radical (unpaired) electrons. The van der Waals surface area contributed by atoms with Crippen LogP contribution in [0.1, 0.15) is 25.1 Å². The number of anilines is 1. The van der Waals surface area contributed by atoms with E-state index in [1.165, 1.54) is 6.92 Å². The van der Waals surface area contributed by atoms with E-state index in [0.29, 0.717) is 18.0 Å². The first-order chi connectivity index (χ1) is 11.4. The Kier molecular flexibility index (Phi) is 4.01. The molecule has 0 spiro atoms. The fourth-order valence-electron chi connectivity index (χ4n) is 2.62. The Balaban J connectivity index is 1.76. The summed E-state index contributed by atoms with van der Waals surface area (Å²) >= 11 is 0. The van der Waals surface area contributed by atoms with Crippen LogP contribution in [-0.2, 0) is 22.7 Å². The fraction of sp³-hybridized carbons (Fsp3) is 0.353. The lowest BCUT2D eigenvalue weighted by Gasteiger charge is -2.33. The summed E-state index contributed by atoms with van der Waals surface area (Å²) in [5, 5.41) is 9.65. The van der Waals surface area contributed by atoms with Crippen LogP contribution in [0, 0.1) is 6.92 Å². The van der Waals surface area contributed by atoms with Gasteiger partial charge in [-0.05, 0) is 44.5 Å². The van der Waals surface area contributed by atoms with Gasteiger partial charge in [0.1, 0.15) is 5.75 Å². The predicted octanol–water partition coefficient (Wildman–Crippen LogP) is 1.62. The van der Waals surface area contributed by atoms with Crippen molar-refractivity contribution in [2.75, 3.05) is 5.32 Å². The van der Waals surface area contributed by atoms with Crippen molar-refractivity contribution in [1.29, 1.82) is 0 Å². The van der Waals surface area contributed by atoms with E-state index in [0.717, 1.165) is 11.3 Å². The van der Waals surface area contributed by atoms with Gasteiger partial charge >= 0.3 is 0 Å². The van der Waals surface area contributed by atoms with Gasteiger partial charge in [-0.25, -0.2) is 0 Å². The minimum atomic E-state index is -1.61. The molecule has 2 heterocycles. The Bertz CT molecular complexity index is 799. The molecule has 3 rings (SSSR count). The molecular weight excluding hydrogens is 308 g/mol. The third-order valence-corrected chi connectivity index (χ3v) is 4.10. The van der Waals surface area contributed by atoms with Crippen LogP contribution in [0.4, 0.5) is 5.69 Å².